The lowest BCUT2D eigenvalue weighted by molar-refractivity contribution is -0.0565. The van der Waals surface area contributed by atoms with E-state index in [4.69, 9.17) is 10.2 Å². The van der Waals surface area contributed by atoms with Gasteiger partial charge in [0.15, 0.2) is 0 Å². The summed E-state index contributed by atoms with van der Waals surface area (Å²) >= 11 is 0. The van der Waals surface area contributed by atoms with Crippen LogP contribution in [0.2, 0.25) is 0 Å². The molecule has 1 heterocycles. The van der Waals surface area contributed by atoms with Crippen molar-refractivity contribution in [2.45, 2.75) is 18.3 Å². The van der Waals surface area contributed by atoms with E-state index in [1.165, 1.54) is 24.5 Å². The van der Waals surface area contributed by atoms with Crippen LogP contribution in [0.3, 0.4) is 0 Å². The number of hydrogen-bond acceptors (Lipinski definition) is 8. The van der Waals surface area contributed by atoms with E-state index in [0.29, 0.717) is 0 Å². The Labute approximate surface area is 120 Å². The fraction of sp³-hybridized carbons (Fsp3) is 0.417. The Morgan fingerprint density at radius 2 is 1.86 bits per heavy atom. The van der Waals surface area contributed by atoms with Crippen molar-refractivity contribution in [2.75, 3.05) is 13.2 Å². The molecule has 1 amide bonds. The van der Waals surface area contributed by atoms with Crippen LogP contribution in [-0.2, 0) is 0 Å². The number of nitrogens with one attached hydrogen (secondary N) is 1. The number of aromatic nitrogens is 1. The Hall–Kier alpha value is -1.91. The molecule has 0 saturated carbocycles. The van der Waals surface area contributed by atoms with E-state index in [-0.39, 0.29) is 11.3 Å². The van der Waals surface area contributed by atoms with Gasteiger partial charge in [0.2, 0.25) is 0 Å². The zero-order valence-corrected chi connectivity index (χ0v) is 11.0. The zero-order chi connectivity index (χ0) is 15.8. The van der Waals surface area contributed by atoms with Gasteiger partial charge >= 0.3 is 0 Å². The lowest BCUT2D eigenvalue weighted by atomic mass is 10.0. The van der Waals surface area contributed by atoms with Gasteiger partial charge in [0, 0.05) is 18.0 Å². The molecule has 9 nitrogen and oxygen atoms in total. The maximum Gasteiger partial charge on any atom is 0.271 e. The van der Waals surface area contributed by atoms with Gasteiger partial charge in [0.1, 0.15) is 18.3 Å². The maximum absolute atomic E-state index is 11.7. The molecule has 0 fully saturated rings. The van der Waals surface area contributed by atoms with Crippen molar-refractivity contribution in [1.82, 2.24) is 10.4 Å². The molecule has 116 valence electrons. The number of carbonyl (C=O) groups excluding carboxylic acids is 1. The zero-order valence-electron chi connectivity index (χ0n) is 11.0. The monoisotopic (exact) mass is 299 g/mol. The molecule has 0 radical (unpaired) electrons. The lowest BCUT2D eigenvalue weighted by Crippen LogP contribution is -2.45. The topological polar surface area (TPSA) is 156 Å². The average Bonchev–Trinajstić information content (AvgIpc) is 2.54. The number of nitrogens with zero attached hydrogens (tertiary/aromatic N) is 2. The second-order valence-corrected chi connectivity index (χ2v) is 4.12. The molecule has 0 aliphatic rings. The number of rotatable bonds is 7. The second-order valence-electron chi connectivity index (χ2n) is 4.12. The number of pyridine rings is 1. The van der Waals surface area contributed by atoms with E-state index in [9.17, 15) is 20.1 Å². The Bertz CT molecular complexity index is 481. The van der Waals surface area contributed by atoms with E-state index >= 15 is 0 Å². The summed E-state index contributed by atoms with van der Waals surface area (Å²) < 4.78 is 0. The minimum absolute atomic E-state index is 0.261. The summed E-state index contributed by atoms with van der Waals surface area (Å²) in [6, 6.07) is 2.87. The largest absolute Gasteiger partial charge is 0.394 e. The molecule has 1 aromatic heterocycles. The number of aliphatic hydroxyl groups is 5. The fourth-order valence-electron chi connectivity index (χ4n) is 1.40. The van der Waals surface area contributed by atoms with Gasteiger partial charge in [-0.3, -0.25) is 9.78 Å². The van der Waals surface area contributed by atoms with Crippen molar-refractivity contribution < 1.29 is 30.3 Å². The van der Waals surface area contributed by atoms with Crippen LogP contribution in [0.25, 0.3) is 0 Å². The minimum atomic E-state index is -1.75. The molecular weight excluding hydrogens is 282 g/mol. The molecule has 1 rings (SSSR count). The molecule has 9 heteroatoms. The van der Waals surface area contributed by atoms with Crippen LogP contribution in [-0.4, -0.2) is 73.7 Å². The van der Waals surface area contributed by atoms with E-state index in [1.807, 2.05) is 0 Å². The first-order valence-electron chi connectivity index (χ1n) is 6.04. The van der Waals surface area contributed by atoms with Crippen molar-refractivity contribution in [2.24, 2.45) is 5.10 Å². The van der Waals surface area contributed by atoms with Gasteiger partial charge in [0.25, 0.3) is 5.91 Å². The second kappa shape index (κ2) is 8.39. The Morgan fingerprint density at radius 1 is 1.24 bits per heavy atom. The molecule has 1 aromatic rings. The first-order valence-corrected chi connectivity index (χ1v) is 6.04. The summed E-state index contributed by atoms with van der Waals surface area (Å²) in [7, 11) is 0. The third kappa shape index (κ3) is 4.85. The van der Waals surface area contributed by atoms with Gasteiger partial charge in [-0.2, -0.15) is 5.10 Å². The molecule has 21 heavy (non-hydrogen) atoms. The van der Waals surface area contributed by atoms with E-state index in [0.717, 1.165) is 0 Å². The summed E-state index contributed by atoms with van der Waals surface area (Å²) in [4.78, 5) is 15.4. The smallest absolute Gasteiger partial charge is 0.271 e. The SMILES string of the molecule is O=C(N/N=C(\CO)[C@@H](O)[C@H](O)[C@H](O)CO)c1ccncc1. The normalized spacial score (nSPS) is 16.1. The van der Waals surface area contributed by atoms with E-state index < -0.39 is 37.4 Å². The van der Waals surface area contributed by atoms with Crippen molar-refractivity contribution in [1.29, 1.82) is 0 Å². The number of amides is 1. The average molecular weight is 299 g/mol. The predicted molar refractivity (Wildman–Crippen MR) is 71.3 cm³/mol. The highest BCUT2D eigenvalue weighted by molar-refractivity contribution is 5.96. The summed E-state index contributed by atoms with van der Waals surface area (Å²) in [6.07, 6.45) is -2.29. The Balaban J connectivity index is 2.73. The van der Waals surface area contributed by atoms with Crippen LogP contribution in [0.5, 0.6) is 0 Å². The van der Waals surface area contributed by atoms with Crippen molar-refractivity contribution >= 4 is 11.6 Å². The van der Waals surface area contributed by atoms with Crippen LogP contribution < -0.4 is 5.43 Å². The van der Waals surface area contributed by atoms with Crippen molar-refractivity contribution in [3.63, 3.8) is 0 Å². The third-order valence-electron chi connectivity index (χ3n) is 2.65. The van der Waals surface area contributed by atoms with Crippen LogP contribution in [0.4, 0.5) is 0 Å². The molecule has 0 aromatic carbocycles. The van der Waals surface area contributed by atoms with Gasteiger partial charge in [-0.05, 0) is 12.1 Å². The highest BCUT2D eigenvalue weighted by Gasteiger charge is 2.28. The molecule has 0 saturated heterocycles. The first-order chi connectivity index (χ1) is 10.0. The van der Waals surface area contributed by atoms with Gasteiger partial charge in [-0.1, -0.05) is 0 Å². The van der Waals surface area contributed by atoms with Gasteiger partial charge in [-0.15, -0.1) is 0 Å². The van der Waals surface area contributed by atoms with Crippen LogP contribution in [0.15, 0.2) is 29.6 Å². The predicted octanol–water partition coefficient (Wildman–Crippen LogP) is -2.77. The van der Waals surface area contributed by atoms with Gasteiger partial charge < -0.3 is 25.5 Å². The molecular formula is C12H17N3O6. The van der Waals surface area contributed by atoms with Crippen LogP contribution in [0.1, 0.15) is 10.4 Å². The molecule has 0 aliphatic carbocycles. The molecule has 0 aliphatic heterocycles. The molecule has 3 atom stereocenters. The van der Waals surface area contributed by atoms with Gasteiger partial charge in [-0.25, -0.2) is 5.43 Å². The summed E-state index contributed by atoms with van der Waals surface area (Å²) in [5.74, 6) is -0.604. The molecule has 0 bridgehead atoms. The summed E-state index contributed by atoms with van der Waals surface area (Å²) in [6.45, 7) is -1.53. The van der Waals surface area contributed by atoms with Crippen molar-refractivity contribution in [3.8, 4) is 0 Å². The van der Waals surface area contributed by atoms with E-state index in [2.05, 4.69) is 15.5 Å². The Morgan fingerprint density at radius 3 is 2.38 bits per heavy atom. The quantitative estimate of drug-likeness (QED) is 0.235. The number of carbonyl (C=O) groups is 1. The van der Waals surface area contributed by atoms with Crippen LogP contribution >= 0.6 is 0 Å². The molecule has 0 spiro atoms. The molecule has 0 unspecified atom stereocenters. The fourth-order valence-corrected chi connectivity index (χ4v) is 1.40. The number of aliphatic hydroxyl groups excluding tert-OH is 5. The summed E-state index contributed by atoms with van der Waals surface area (Å²) in [5.41, 5.74) is 1.99. The Kier molecular flexibility index (Phi) is 6.85. The first kappa shape index (κ1) is 17.1. The van der Waals surface area contributed by atoms with E-state index in [1.54, 1.807) is 0 Å². The third-order valence-corrected chi connectivity index (χ3v) is 2.65. The van der Waals surface area contributed by atoms with Crippen molar-refractivity contribution in [3.05, 3.63) is 30.1 Å². The highest BCUT2D eigenvalue weighted by atomic mass is 16.4. The molecule has 6 N–H and O–H groups in total. The van der Waals surface area contributed by atoms with Crippen LogP contribution in [0, 0.1) is 0 Å². The number of hydrogen-bond donors (Lipinski definition) is 6. The minimum Gasteiger partial charge on any atom is -0.394 e. The standard InChI is InChI=1S/C12H17N3O6/c16-5-8(10(19)11(20)9(18)6-17)14-15-12(21)7-1-3-13-4-2-7/h1-4,9-11,16-20H,5-6H2,(H,15,21)/b14-8+/t9-,10-,11-/m1/s1. The highest BCUT2D eigenvalue weighted by Crippen LogP contribution is 2.03. The number of hydrazone groups is 1. The lowest BCUT2D eigenvalue weighted by Gasteiger charge is -2.21. The maximum atomic E-state index is 11.7. The summed E-state index contributed by atoms with van der Waals surface area (Å²) in [5, 5.41) is 49.6. The van der Waals surface area contributed by atoms with Gasteiger partial charge in [0.05, 0.1) is 18.9 Å².